The number of unbranched alkanes of at least 4 members (excludes halogenated alkanes) is 14. The zero-order chi connectivity index (χ0) is 24.8. The molecule has 0 saturated carbocycles. The van der Waals surface area contributed by atoms with Crippen LogP contribution in [0.25, 0.3) is 0 Å². The molecule has 0 aliphatic carbocycles. The Hall–Kier alpha value is 0.0643. The maximum absolute atomic E-state index is 10.3. The molecule has 0 rings (SSSR count). The summed E-state index contributed by atoms with van der Waals surface area (Å²) < 4.78 is 16.6. The van der Waals surface area contributed by atoms with E-state index in [1.54, 1.807) is 0 Å². The Morgan fingerprint density at radius 2 is 0.818 bits per heavy atom. The second-order valence-electron chi connectivity index (χ2n) is 8.89. The average Bonchev–Trinajstić information content (AvgIpc) is 2.81. The van der Waals surface area contributed by atoms with E-state index in [0.717, 1.165) is 51.9 Å². The van der Waals surface area contributed by atoms with Crippen LogP contribution in [0.5, 0.6) is 0 Å². The van der Waals surface area contributed by atoms with E-state index >= 15 is 0 Å². The fourth-order valence-electron chi connectivity index (χ4n) is 3.33. The first-order valence-electron chi connectivity index (χ1n) is 14.1. The number of rotatable bonds is 25. The van der Waals surface area contributed by atoms with Crippen LogP contribution in [-0.4, -0.2) is 30.9 Å². The first-order valence-corrected chi connectivity index (χ1v) is 16.0. The van der Waals surface area contributed by atoms with Gasteiger partial charge in [-0.25, -0.2) is 0 Å². The van der Waals surface area contributed by atoms with Crippen molar-refractivity contribution in [3.05, 3.63) is 0 Å². The molecule has 5 nitrogen and oxygen atoms in total. The zero-order valence-electron chi connectivity index (χ0n) is 22.6. The molecule has 0 radical (unpaired) electrons. The summed E-state index contributed by atoms with van der Waals surface area (Å²) in [5.74, 6) is -0.653. The Balaban J connectivity index is 0. The van der Waals surface area contributed by atoms with E-state index in [9.17, 15) is 4.79 Å². The molecule has 0 unspecified atom stereocenters. The molecule has 0 aliphatic heterocycles. The van der Waals surface area contributed by atoms with Crippen molar-refractivity contribution in [3.8, 4) is 0 Å². The van der Waals surface area contributed by atoms with Crippen LogP contribution >= 0.6 is 0 Å². The quantitative estimate of drug-likeness (QED) is 0.0983. The standard InChI is InChI=1S/C18H36O2.3C3H7O.Ti/c1-2-3-4-5-6-7-8-9-10-11-12-13-14-15-16-17-18(19)20;3*1-2-3-4;/h2-17H2,1H3,(H,19,20);3*2-3H2,1H3;/q;3*-1;+3. The third-order valence-electron chi connectivity index (χ3n) is 5.27. The van der Waals surface area contributed by atoms with Gasteiger partial charge in [0.25, 0.3) is 0 Å². The van der Waals surface area contributed by atoms with Crippen LogP contribution in [0.15, 0.2) is 0 Å². The molecule has 0 spiro atoms. The van der Waals surface area contributed by atoms with Crippen molar-refractivity contribution in [2.45, 2.75) is 150 Å². The van der Waals surface area contributed by atoms with E-state index in [-0.39, 0.29) is 0 Å². The van der Waals surface area contributed by atoms with E-state index in [1.807, 2.05) is 0 Å². The minimum atomic E-state index is -2.05. The third kappa shape index (κ3) is 34.3. The summed E-state index contributed by atoms with van der Waals surface area (Å²) in [6.45, 7) is 10.8. The molecule has 33 heavy (non-hydrogen) atoms. The van der Waals surface area contributed by atoms with Gasteiger partial charge in [0.05, 0.1) is 0 Å². The molecule has 1 N–H and O–H groups in total. The van der Waals surface area contributed by atoms with Crippen LogP contribution in [0.3, 0.4) is 0 Å². The monoisotopic (exact) mass is 509 g/mol. The molecule has 0 saturated heterocycles. The maximum atomic E-state index is 10.3. The van der Waals surface area contributed by atoms with Crippen LogP contribution in [0.2, 0.25) is 0 Å². The van der Waals surface area contributed by atoms with E-state index < -0.39 is 25.0 Å². The van der Waals surface area contributed by atoms with Crippen LogP contribution < -0.4 is 0 Å². The summed E-state index contributed by atoms with van der Waals surface area (Å²) in [5, 5.41) is 8.52. The molecular formula is C27H57O5Ti. The fraction of sp³-hybridized carbons (Fsp3) is 0.963. The minimum absolute atomic E-state index is 0.345. The van der Waals surface area contributed by atoms with Gasteiger partial charge in [0.1, 0.15) is 0 Å². The van der Waals surface area contributed by atoms with Crippen molar-refractivity contribution in [3.63, 3.8) is 0 Å². The SMILES string of the molecule is CCCCCCCCCCCCCCCCCC(=O)O.CCC[O][Ti]([O]CCC)[O]CCC. The number of hydrogen-bond acceptors (Lipinski definition) is 4. The van der Waals surface area contributed by atoms with E-state index in [1.165, 1.54) is 83.5 Å². The summed E-state index contributed by atoms with van der Waals surface area (Å²) in [4.78, 5) is 10.3. The molecule has 0 aromatic rings. The number of aliphatic carboxylic acids is 1. The zero-order valence-corrected chi connectivity index (χ0v) is 24.2. The third-order valence-corrected chi connectivity index (χ3v) is 7.33. The topological polar surface area (TPSA) is 65.0 Å². The van der Waals surface area contributed by atoms with Gasteiger partial charge >= 0.3 is 94.8 Å². The summed E-state index contributed by atoms with van der Waals surface area (Å²) in [5.41, 5.74) is 0. The molecule has 0 amide bonds. The number of carboxylic acids is 1. The molecule has 0 aromatic heterocycles. The molecule has 0 bridgehead atoms. The Bertz CT molecular complexity index is 349. The van der Waals surface area contributed by atoms with Crippen molar-refractivity contribution in [2.24, 2.45) is 0 Å². The molecule has 0 atom stereocenters. The number of carbonyl (C=O) groups is 1. The van der Waals surface area contributed by atoms with Gasteiger partial charge < -0.3 is 5.11 Å². The van der Waals surface area contributed by atoms with Gasteiger partial charge in [0.2, 0.25) is 0 Å². The van der Waals surface area contributed by atoms with Crippen molar-refractivity contribution in [1.29, 1.82) is 0 Å². The summed E-state index contributed by atoms with van der Waals surface area (Å²) in [7, 11) is 0. The van der Waals surface area contributed by atoms with Gasteiger partial charge in [0.15, 0.2) is 0 Å². The molecule has 0 aromatic carbocycles. The Morgan fingerprint density at radius 3 is 1.09 bits per heavy atom. The van der Waals surface area contributed by atoms with E-state index in [0.29, 0.717) is 6.42 Å². The summed E-state index contributed by atoms with van der Waals surface area (Å²) in [6, 6.07) is 0. The summed E-state index contributed by atoms with van der Waals surface area (Å²) in [6.07, 6.45) is 23.3. The van der Waals surface area contributed by atoms with Crippen LogP contribution in [-0.2, 0) is 33.8 Å². The van der Waals surface area contributed by atoms with Crippen molar-refractivity contribution < 1.29 is 38.9 Å². The fourth-order valence-corrected chi connectivity index (χ4v) is 5.46. The van der Waals surface area contributed by atoms with E-state index in [4.69, 9.17) is 15.1 Å². The predicted molar refractivity (Wildman–Crippen MR) is 136 cm³/mol. The first-order chi connectivity index (χ1) is 16.1. The van der Waals surface area contributed by atoms with Gasteiger partial charge in [0, 0.05) is 6.42 Å². The summed E-state index contributed by atoms with van der Waals surface area (Å²) >= 11 is -2.05. The second-order valence-corrected chi connectivity index (χ2v) is 11.0. The molecular weight excluding hydrogens is 452 g/mol. The van der Waals surface area contributed by atoms with Gasteiger partial charge in [-0.15, -0.1) is 0 Å². The average molecular weight is 510 g/mol. The molecule has 6 heteroatoms. The van der Waals surface area contributed by atoms with Crippen molar-refractivity contribution in [2.75, 3.05) is 19.8 Å². The van der Waals surface area contributed by atoms with Crippen molar-refractivity contribution >= 4 is 5.97 Å². The second kappa shape index (κ2) is 32.1. The number of carboxylic acid groups (broad SMARTS) is 1. The van der Waals surface area contributed by atoms with Crippen molar-refractivity contribution in [1.82, 2.24) is 0 Å². The Kier molecular flexibility index (Phi) is 34.2. The number of hydrogen-bond donors (Lipinski definition) is 1. The van der Waals surface area contributed by atoms with Gasteiger partial charge in [-0.05, 0) is 6.42 Å². The van der Waals surface area contributed by atoms with Crippen LogP contribution in [0.1, 0.15) is 150 Å². The normalized spacial score (nSPS) is 10.7. The predicted octanol–water partition coefficient (Wildman–Crippen LogP) is 8.96. The van der Waals surface area contributed by atoms with Gasteiger partial charge in [-0.1, -0.05) is 96.8 Å². The van der Waals surface area contributed by atoms with Crippen LogP contribution in [0, 0.1) is 0 Å². The first kappa shape index (κ1) is 35.2. The molecule has 0 heterocycles. The van der Waals surface area contributed by atoms with Crippen LogP contribution in [0.4, 0.5) is 0 Å². The molecule has 0 fully saturated rings. The van der Waals surface area contributed by atoms with E-state index in [2.05, 4.69) is 27.7 Å². The Morgan fingerprint density at radius 1 is 0.515 bits per heavy atom. The Labute approximate surface area is 214 Å². The molecule has 0 aliphatic rings. The van der Waals surface area contributed by atoms with Gasteiger partial charge in [-0.2, -0.15) is 0 Å². The molecule has 199 valence electrons. The van der Waals surface area contributed by atoms with Gasteiger partial charge in [-0.3, -0.25) is 4.79 Å².